The first-order chi connectivity index (χ1) is 8.61. The quantitative estimate of drug-likeness (QED) is 0.588. The number of esters is 1. The third-order valence-corrected chi connectivity index (χ3v) is 3.96. The van der Waals surface area contributed by atoms with E-state index in [0.717, 1.165) is 15.2 Å². The fourth-order valence-electron chi connectivity index (χ4n) is 1.27. The van der Waals surface area contributed by atoms with Crippen LogP contribution in [-0.2, 0) is 4.74 Å². The van der Waals surface area contributed by atoms with Crippen molar-refractivity contribution >= 4 is 49.2 Å². The molecule has 2 heterocycles. The van der Waals surface area contributed by atoms with Gasteiger partial charge in [-0.1, -0.05) is 0 Å². The van der Waals surface area contributed by atoms with E-state index in [2.05, 4.69) is 41.8 Å². The maximum atomic E-state index is 11.5. The summed E-state index contributed by atoms with van der Waals surface area (Å²) in [5, 5.41) is 2.41. The van der Waals surface area contributed by atoms with Crippen molar-refractivity contribution in [2.75, 3.05) is 6.61 Å². The molecule has 0 spiro atoms. The molecule has 0 aliphatic rings. The van der Waals surface area contributed by atoms with Gasteiger partial charge in [0.2, 0.25) is 0 Å². The molecule has 0 saturated heterocycles. The highest BCUT2D eigenvalue weighted by molar-refractivity contribution is 9.11. The largest absolute Gasteiger partial charge is 0.461 e. The molecule has 0 N–H and O–H groups in total. The SMILES string of the molecule is CCOC(=O)c1csc(-c2ccc(Br)nc2Br)n1. The van der Waals surface area contributed by atoms with Gasteiger partial charge in [0.1, 0.15) is 14.2 Å². The van der Waals surface area contributed by atoms with Crippen LogP contribution in [0, 0.1) is 0 Å². The second-order valence-electron chi connectivity index (χ2n) is 3.23. The van der Waals surface area contributed by atoms with Crippen molar-refractivity contribution in [3.63, 3.8) is 0 Å². The van der Waals surface area contributed by atoms with E-state index in [-0.39, 0.29) is 0 Å². The van der Waals surface area contributed by atoms with Crippen LogP contribution in [-0.4, -0.2) is 22.5 Å². The Bertz CT molecular complexity index is 586. The Balaban J connectivity index is 2.32. The lowest BCUT2D eigenvalue weighted by atomic mass is 10.3. The number of rotatable bonds is 3. The van der Waals surface area contributed by atoms with E-state index < -0.39 is 5.97 Å². The van der Waals surface area contributed by atoms with Gasteiger partial charge >= 0.3 is 5.97 Å². The number of thiazole rings is 1. The summed E-state index contributed by atoms with van der Waals surface area (Å²) in [4.78, 5) is 20.0. The summed E-state index contributed by atoms with van der Waals surface area (Å²) in [5.41, 5.74) is 1.17. The van der Waals surface area contributed by atoms with Gasteiger partial charge in [-0.25, -0.2) is 14.8 Å². The van der Waals surface area contributed by atoms with Crippen LogP contribution < -0.4 is 0 Å². The number of carbonyl (C=O) groups is 1. The number of nitrogens with zero attached hydrogens (tertiary/aromatic N) is 2. The number of hydrogen-bond acceptors (Lipinski definition) is 5. The molecule has 0 aliphatic carbocycles. The Hall–Kier alpha value is -0.790. The molecule has 4 nitrogen and oxygen atoms in total. The summed E-state index contributed by atoms with van der Waals surface area (Å²) in [6.07, 6.45) is 0. The summed E-state index contributed by atoms with van der Waals surface area (Å²) >= 11 is 8.04. The standard InChI is InChI=1S/C11H8Br2N2O2S/c1-2-17-11(16)7-5-18-10(14-7)6-3-4-8(12)15-9(6)13/h3-5H,2H2,1H3. The lowest BCUT2D eigenvalue weighted by Crippen LogP contribution is -2.04. The van der Waals surface area contributed by atoms with Crippen molar-refractivity contribution in [2.45, 2.75) is 6.92 Å². The van der Waals surface area contributed by atoms with Gasteiger partial charge in [-0.2, -0.15) is 0 Å². The van der Waals surface area contributed by atoms with Crippen LogP contribution in [0.1, 0.15) is 17.4 Å². The number of ether oxygens (including phenoxy) is 1. The maximum absolute atomic E-state index is 11.5. The van der Waals surface area contributed by atoms with Crippen molar-refractivity contribution in [3.8, 4) is 10.6 Å². The van der Waals surface area contributed by atoms with Gasteiger partial charge in [-0.3, -0.25) is 0 Å². The molecule has 0 bridgehead atoms. The van der Waals surface area contributed by atoms with Gasteiger partial charge in [-0.15, -0.1) is 11.3 Å². The Kier molecular flexibility index (Phi) is 4.47. The van der Waals surface area contributed by atoms with Crippen LogP contribution in [0.4, 0.5) is 0 Å². The van der Waals surface area contributed by atoms with E-state index in [1.807, 2.05) is 12.1 Å². The van der Waals surface area contributed by atoms with Crippen molar-refractivity contribution in [1.29, 1.82) is 0 Å². The van der Waals surface area contributed by atoms with Crippen LogP contribution in [0.3, 0.4) is 0 Å². The monoisotopic (exact) mass is 390 g/mol. The first-order valence-corrected chi connectivity index (χ1v) is 7.53. The predicted molar refractivity (Wildman–Crippen MR) is 76.7 cm³/mol. The minimum absolute atomic E-state index is 0.326. The number of carbonyl (C=O) groups excluding carboxylic acids is 1. The number of hydrogen-bond donors (Lipinski definition) is 0. The molecular weight excluding hydrogens is 384 g/mol. The van der Waals surface area contributed by atoms with Gasteiger partial charge in [0.05, 0.1) is 6.61 Å². The molecule has 0 fully saturated rings. The van der Waals surface area contributed by atoms with Crippen LogP contribution in [0.15, 0.2) is 26.7 Å². The average Bonchev–Trinajstić information content (AvgIpc) is 2.78. The molecule has 0 atom stereocenters. The van der Waals surface area contributed by atoms with Crippen molar-refractivity contribution in [3.05, 3.63) is 32.4 Å². The second-order valence-corrected chi connectivity index (χ2v) is 5.65. The summed E-state index contributed by atoms with van der Waals surface area (Å²) < 4.78 is 6.32. The zero-order valence-corrected chi connectivity index (χ0v) is 13.3. The highest BCUT2D eigenvalue weighted by Crippen LogP contribution is 2.30. The van der Waals surface area contributed by atoms with E-state index in [4.69, 9.17) is 4.74 Å². The highest BCUT2D eigenvalue weighted by atomic mass is 79.9. The summed E-state index contributed by atoms with van der Waals surface area (Å²) in [5.74, 6) is -0.402. The Morgan fingerprint density at radius 3 is 2.83 bits per heavy atom. The molecule has 94 valence electrons. The van der Waals surface area contributed by atoms with E-state index in [0.29, 0.717) is 16.9 Å². The van der Waals surface area contributed by atoms with Gasteiger partial charge in [0.15, 0.2) is 5.69 Å². The second kappa shape index (κ2) is 5.90. The smallest absolute Gasteiger partial charge is 0.357 e. The van der Waals surface area contributed by atoms with Gasteiger partial charge in [-0.05, 0) is 50.9 Å². The molecule has 2 rings (SSSR count). The third-order valence-electron chi connectivity index (χ3n) is 2.03. The van der Waals surface area contributed by atoms with Crippen LogP contribution in [0.2, 0.25) is 0 Å². The number of aromatic nitrogens is 2. The molecule has 0 amide bonds. The van der Waals surface area contributed by atoms with Gasteiger partial charge in [0.25, 0.3) is 0 Å². The van der Waals surface area contributed by atoms with Crippen molar-refractivity contribution in [1.82, 2.24) is 9.97 Å². The van der Waals surface area contributed by atoms with E-state index >= 15 is 0 Å². The zero-order valence-electron chi connectivity index (χ0n) is 9.31. The number of halogens is 2. The van der Waals surface area contributed by atoms with Crippen LogP contribution in [0.5, 0.6) is 0 Å². The van der Waals surface area contributed by atoms with Gasteiger partial charge < -0.3 is 4.74 Å². The normalized spacial score (nSPS) is 10.4. The van der Waals surface area contributed by atoms with Crippen molar-refractivity contribution < 1.29 is 9.53 Å². The first kappa shape index (κ1) is 13.6. The van der Waals surface area contributed by atoms with E-state index in [1.165, 1.54) is 11.3 Å². The average molecular weight is 392 g/mol. The third kappa shape index (κ3) is 2.96. The minimum Gasteiger partial charge on any atom is -0.461 e. The topological polar surface area (TPSA) is 52.1 Å². The van der Waals surface area contributed by atoms with Crippen LogP contribution in [0.25, 0.3) is 10.6 Å². The Morgan fingerprint density at radius 2 is 2.17 bits per heavy atom. The maximum Gasteiger partial charge on any atom is 0.357 e. The summed E-state index contributed by atoms with van der Waals surface area (Å²) in [6.45, 7) is 2.11. The summed E-state index contributed by atoms with van der Waals surface area (Å²) in [6, 6.07) is 3.71. The predicted octanol–water partition coefficient (Wildman–Crippen LogP) is 3.91. The number of pyridine rings is 1. The molecule has 0 aromatic carbocycles. The molecule has 0 unspecified atom stereocenters. The van der Waals surface area contributed by atoms with Gasteiger partial charge in [0, 0.05) is 10.9 Å². The summed E-state index contributed by atoms with van der Waals surface area (Å²) in [7, 11) is 0. The van der Waals surface area contributed by atoms with Crippen LogP contribution >= 0.6 is 43.2 Å². The molecule has 2 aromatic rings. The molecule has 0 saturated carbocycles. The zero-order chi connectivity index (χ0) is 13.1. The molecule has 0 radical (unpaired) electrons. The molecular formula is C11H8Br2N2O2S. The molecule has 7 heteroatoms. The van der Waals surface area contributed by atoms with Crippen molar-refractivity contribution in [2.24, 2.45) is 0 Å². The highest BCUT2D eigenvalue weighted by Gasteiger charge is 2.14. The lowest BCUT2D eigenvalue weighted by molar-refractivity contribution is 0.0520. The van der Waals surface area contributed by atoms with E-state index in [1.54, 1.807) is 12.3 Å². The minimum atomic E-state index is -0.402. The first-order valence-electron chi connectivity index (χ1n) is 5.07. The fraction of sp³-hybridized carbons (Fsp3) is 0.182. The Morgan fingerprint density at radius 1 is 1.39 bits per heavy atom. The molecule has 2 aromatic heterocycles. The van der Waals surface area contributed by atoms with E-state index in [9.17, 15) is 4.79 Å². The molecule has 18 heavy (non-hydrogen) atoms. The lowest BCUT2D eigenvalue weighted by Gasteiger charge is -2.00. The Labute approximate surface area is 125 Å². The molecule has 0 aliphatic heterocycles. The fourth-order valence-corrected chi connectivity index (χ4v) is 3.27.